The fourth-order valence-electron chi connectivity index (χ4n) is 6.28. The van der Waals surface area contributed by atoms with Gasteiger partial charge in [-0.1, -0.05) is 107 Å². The molecule has 70 heavy (non-hydrogen) atoms. The van der Waals surface area contributed by atoms with E-state index in [0.29, 0.717) is 23.5 Å². The highest BCUT2D eigenvalue weighted by molar-refractivity contribution is 6.38. The molecule has 0 aliphatic carbocycles. The molecule has 0 amide bonds. The first-order valence-electron chi connectivity index (χ1n) is 20.1. The Balaban J connectivity index is 0.000000208. The first kappa shape index (κ1) is 49.6. The molecule has 8 aromatic rings. The first-order chi connectivity index (χ1) is 33.6. The van der Waals surface area contributed by atoms with E-state index in [9.17, 15) is 33.6 Å². The van der Waals surface area contributed by atoms with E-state index in [1.54, 1.807) is 6.07 Å². The summed E-state index contributed by atoms with van der Waals surface area (Å²) in [5.41, 5.74) is -3.45. The Labute approximate surface area is 411 Å². The molecule has 0 saturated heterocycles. The van der Waals surface area contributed by atoms with Crippen LogP contribution in [-0.4, -0.2) is 63.0 Å². The number of rotatable bonds is 13. The minimum atomic E-state index is -1.13. The number of ether oxygens (including phenoxy) is 3. The van der Waals surface area contributed by atoms with E-state index in [0.717, 1.165) is 15.8 Å². The van der Waals surface area contributed by atoms with Crippen LogP contribution in [0, 0.1) is 11.3 Å². The standard InChI is InChI=1S/C24H18Cl2N4O7.C22H13Cl2N5O4/c25-17-10-15(30-24(35)27-22(33)20(28-30)23(34)36-9-8-31)11-18(26)21(17)37-16-6-7-19(32)29(13-16)12-14-4-2-1-3-5-14;23-16-8-14(29-22(32)26-21(31)18(10-25)27-29)9-17(24)20(16)33-15-6-7-19(30)28(12-15)11-13-4-2-1-3-5-13/h1-7,10-11,13,31H,8-9,12H2,(H,27,33,35);1-9,12H,11H2,(H,26,31,32). The molecular formula is C46H31Cl4N9O11. The highest BCUT2D eigenvalue weighted by atomic mass is 35.5. The van der Waals surface area contributed by atoms with E-state index in [1.807, 2.05) is 70.6 Å². The number of hydrogen-bond donors (Lipinski definition) is 3. The molecule has 4 aromatic heterocycles. The molecule has 0 atom stereocenters. The molecule has 0 unspecified atom stereocenters. The van der Waals surface area contributed by atoms with Crippen LogP contribution in [-0.2, 0) is 17.8 Å². The molecule has 0 spiro atoms. The summed E-state index contributed by atoms with van der Waals surface area (Å²) in [6, 6.07) is 31.3. The smallest absolute Gasteiger partial charge is 0.364 e. The number of aliphatic hydroxyl groups excluding tert-OH is 1. The molecule has 0 radical (unpaired) electrons. The second-order valence-corrected chi connectivity index (χ2v) is 16.0. The van der Waals surface area contributed by atoms with Crippen LogP contribution >= 0.6 is 46.4 Å². The lowest BCUT2D eigenvalue weighted by Gasteiger charge is -2.14. The van der Waals surface area contributed by atoms with E-state index < -0.39 is 46.5 Å². The Kier molecular flexibility index (Phi) is 15.7. The molecule has 24 heteroatoms. The molecule has 0 bridgehead atoms. The zero-order valence-electron chi connectivity index (χ0n) is 35.5. The molecule has 4 aromatic carbocycles. The summed E-state index contributed by atoms with van der Waals surface area (Å²) in [6.45, 7) is -0.151. The van der Waals surface area contributed by atoms with Crippen LogP contribution in [0.2, 0.25) is 20.1 Å². The fraction of sp³-hybridized carbons (Fsp3) is 0.0870. The number of nitrogens with one attached hydrogen (secondary N) is 2. The summed E-state index contributed by atoms with van der Waals surface area (Å²) in [7, 11) is 0. The van der Waals surface area contributed by atoms with Crippen molar-refractivity contribution in [3.05, 3.63) is 227 Å². The van der Waals surface area contributed by atoms with Crippen molar-refractivity contribution in [1.29, 1.82) is 5.26 Å². The van der Waals surface area contributed by atoms with Crippen molar-refractivity contribution < 1.29 is 24.1 Å². The Morgan fingerprint density at radius 2 is 1.04 bits per heavy atom. The molecule has 354 valence electrons. The maximum atomic E-state index is 12.4. The highest BCUT2D eigenvalue weighted by Crippen LogP contribution is 2.39. The lowest BCUT2D eigenvalue weighted by Crippen LogP contribution is -2.36. The van der Waals surface area contributed by atoms with Crippen molar-refractivity contribution in [2.24, 2.45) is 0 Å². The number of aliphatic hydroxyl groups is 1. The van der Waals surface area contributed by atoms with Gasteiger partial charge in [-0.15, -0.1) is 5.10 Å². The van der Waals surface area contributed by atoms with Crippen molar-refractivity contribution in [3.63, 3.8) is 0 Å². The van der Waals surface area contributed by atoms with Gasteiger partial charge >= 0.3 is 17.3 Å². The number of aromatic amines is 2. The summed E-state index contributed by atoms with van der Waals surface area (Å²) < 4.78 is 20.8. The van der Waals surface area contributed by atoms with Gasteiger partial charge in [-0.3, -0.25) is 29.1 Å². The second kappa shape index (κ2) is 22.2. The summed E-state index contributed by atoms with van der Waals surface area (Å²) >= 11 is 25.4. The van der Waals surface area contributed by atoms with E-state index in [2.05, 4.69) is 10.2 Å². The molecule has 8 rings (SSSR count). The summed E-state index contributed by atoms with van der Waals surface area (Å²) in [4.78, 5) is 88.6. The number of carbonyl (C=O) groups is 1. The molecule has 0 aliphatic rings. The number of benzene rings is 4. The number of nitrogens with zero attached hydrogens (tertiary/aromatic N) is 7. The highest BCUT2D eigenvalue weighted by Gasteiger charge is 2.20. The lowest BCUT2D eigenvalue weighted by atomic mass is 10.2. The lowest BCUT2D eigenvalue weighted by molar-refractivity contribution is 0.0422. The van der Waals surface area contributed by atoms with Crippen LogP contribution in [0.5, 0.6) is 23.0 Å². The van der Waals surface area contributed by atoms with Crippen molar-refractivity contribution in [2.75, 3.05) is 13.2 Å². The molecule has 0 aliphatic heterocycles. The molecular weight excluding hydrogens is 996 g/mol. The van der Waals surface area contributed by atoms with E-state index in [-0.39, 0.29) is 66.4 Å². The van der Waals surface area contributed by atoms with Gasteiger partial charge in [0.15, 0.2) is 11.5 Å². The van der Waals surface area contributed by atoms with Crippen LogP contribution in [0.4, 0.5) is 0 Å². The van der Waals surface area contributed by atoms with Gasteiger partial charge in [-0.25, -0.2) is 14.4 Å². The third-order valence-electron chi connectivity index (χ3n) is 9.48. The zero-order chi connectivity index (χ0) is 50.1. The van der Waals surface area contributed by atoms with Gasteiger partial charge in [0.25, 0.3) is 22.2 Å². The van der Waals surface area contributed by atoms with Crippen LogP contribution in [0.3, 0.4) is 0 Å². The number of nitriles is 1. The number of halogens is 4. The van der Waals surface area contributed by atoms with Gasteiger partial charge in [-0.05, 0) is 47.5 Å². The van der Waals surface area contributed by atoms with Crippen molar-refractivity contribution in [1.82, 2.24) is 38.7 Å². The zero-order valence-corrected chi connectivity index (χ0v) is 38.6. The number of pyridine rings is 2. The Morgan fingerprint density at radius 1 is 0.614 bits per heavy atom. The van der Waals surface area contributed by atoms with Crippen LogP contribution in [0.15, 0.2) is 150 Å². The largest absolute Gasteiger partial charge is 0.458 e. The Bertz CT molecular complexity index is 3640. The van der Waals surface area contributed by atoms with Gasteiger partial charge in [0.2, 0.25) is 11.4 Å². The third kappa shape index (κ3) is 11.9. The monoisotopic (exact) mass is 1030 g/mol. The predicted octanol–water partition coefficient (Wildman–Crippen LogP) is 5.48. The average Bonchev–Trinajstić information content (AvgIpc) is 3.33. The van der Waals surface area contributed by atoms with Gasteiger partial charge < -0.3 is 28.5 Å². The van der Waals surface area contributed by atoms with Crippen molar-refractivity contribution in [3.8, 4) is 40.4 Å². The topological polar surface area (TPSA) is 268 Å². The van der Waals surface area contributed by atoms with Gasteiger partial charge in [0.1, 0.15) is 24.2 Å². The molecule has 0 saturated carbocycles. The maximum absolute atomic E-state index is 12.4. The number of H-pyrrole nitrogens is 2. The van der Waals surface area contributed by atoms with E-state index in [1.165, 1.54) is 70.1 Å². The third-order valence-corrected chi connectivity index (χ3v) is 10.6. The number of esters is 1. The van der Waals surface area contributed by atoms with Crippen LogP contribution in [0.1, 0.15) is 27.3 Å². The van der Waals surface area contributed by atoms with Crippen molar-refractivity contribution >= 4 is 52.4 Å². The maximum Gasteiger partial charge on any atom is 0.364 e. The fourth-order valence-corrected chi connectivity index (χ4v) is 7.38. The Morgan fingerprint density at radius 3 is 1.47 bits per heavy atom. The number of carbonyl (C=O) groups excluding carboxylic acids is 1. The van der Waals surface area contributed by atoms with E-state index in [4.69, 9.17) is 71.0 Å². The average molecular weight is 1030 g/mol. The first-order valence-corrected chi connectivity index (χ1v) is 21.6. The number of hydrogen-bond acceptors (Lipinski definition) is 14. The second-order valence-electron chi connectivity index (χ2n) is 14.3. The van der Waals surface area contributed by atoms with Gasteiger partial charge in [-0.2, -0.15) is 19.7 Å². The predicted molar refractivity (Wildman–Crippen MR) is 256 cm³/mol. The summed E-state index contributed by atoms with van der Waals surface area (Å²) in [6.07, 6.45) is 3.04. The van der Waals surface area contributed by atoms with Gasteiger partial charge in [0.05, 0.1) is 63.6 Å². The summed E-state index contributed by atoms with van der Waals surface area (Å²) in [5, 5.41) is 25.3. The Hall–Kier alpha value is -8.32. The van der Waals surface area contributed by atoms with Crippen molar-refractivity contribution in [2.45, 2.75) is 13.1 Å². The quantitative estimate of drug-likeness (QED) is 0.121. The molecule has 0 fully saturated rings. The molecule has 3 N–H and O–H groups in total. The molecule has 4 heterocycles. The van der Waals surface area contributed by atoms with Gasteiger partial charge in [0, 0.05) is 12.1 Å². The SMILES string of the molecule is N#Cc1nn(-c2cc(Cl)c(Oc3ccc(=O)n(Cc4ccccc4)c3)c(Cl)c2)c(=O)[nH]c1=O.O=C(OCCO)c1nn(-c2cc(Cl)c(Oc3ccc(=O)n(Cc4ccccc4)c3)c(Cl)c2)c(=O)[nH]c1=O. The normalized spacial score (nSPS) is 10.7. The minimum Gasteiger partial charge on any atom is -0.458 e. The van der Waals surface area contributed by atoms with E-state index >= 15 is 0 Å². The minimum absolute atomic E-state index is 0.0207. The summed E-state index contributed by atoms with van der Waals surface area (Å²) in [5.74, 6) is -0.414. The molecule has 20 nitrogen and oxygen atoms in total. The van der Waals surface area contributed by atoms with Crippen LogP contribution < -0.4 is 43.1 Å². The van der Waals surface area contributed by atoms with Crippen LogP contribution in [0.25, 0.3) is 11.4 Å². The number of aromatic nitrogens is 8.